The Morgan fingerprint density at radius 3 is 1.20 bits per heavy atom. The van der Waals surface area contributed by atoms with Crippen molar-refractivity contribution in [3.63, 3.8) is 0 Å². The Hall–Kier alpha value is -2.12. The van der Waals surface area contributed by atoms with Crippen LogP contribution in [-0.2, 0) is 50.8 Å². The Morgan fingerprint density at radius 1 is 0.600 bits per heavy atom. The quantitative estimate of drug-likeness (QED) is 0.268. The Bertz CT molecular complexity index is 891. The van der Waals surface area contributed by atoms with E-state index in [4.69, 9.17) is 18.9 Å². The molecule has 0 heterocycles. The topological polar surface area (TPSA) is 77.4 Å². The summed E-state index contributed by atoms with van der Waals surface area (Å²) in [5, 5.41) is 21.8. The van der Waals surface area contributed by atoms with E-state index in [9.17, 15) is 10.2 Å². The number of hydrogen-bond donors (Lipinski definition) is 2. The molecule has 0 bridgehead atoms. The van der Waals surface area contributed by atoms with Crippen LogP contribution < -0.4 is 0 Å². The molecular formula is C29H44O6. The fourth-order valence-corrected chi connectivity index (χ4v) is 3.98. The molecule has 0 amide bonds. The van der Waals surface area contributed by atoms with Crippen molar-refractivity contribution in [2.24, 2.45) is 0 Å². The molecule has 0 radical (unpaired) electrons. The lowest BCUT2D eigenvalue weighted by atomic mass is 9.76. The van der Waals surface area contributed by atoms with Crippen molar-refractivity contribution in [1.29, 1.82) is 0 Å². The number of aromatic hydroxyl groups is 2. The minimum absolute atomic E-state index is 0.218. The number of rotatable bonds is 16. The minimum atomic E-state index is -0.428. The number of hydrogen-bond acceptors (Lipinski definition) is 6. The predicted octanol–water partition coefficient (Wildman–Crippen LogP) is 6.35. The van der Waals surface area contributed by atoms with Gasteiger partial charge in [0.05, 0.1) is 26.4 Å². The number of phenols is 2. The van der Waals surface area contributed by atoms with Gasteiger partial charge in [0.1, 0.15) is 11.5 Å². The van der Waals surface area contributed by atoms with Crippen LogP contribution >= 0.6 is 0 Å². The SMILES string of the molecule is CCCOCc1cc(C(C)(C)c2cc(COCCC)c(O)c(COCCC)c2)cc(COC)c1O. The lowest BCUT2D eigenvalue weighted by Crippen LogP contribution is -2.21. The maximum Gasteiger partial charge on any atom is 0.126 e. The monoisotopic (exact) mass is 488 g/mol. The van der Waals surface area contributed by atoms with Gasteiger partial charge >= 0.3 is 0 Å². The van der Waals surface area contributed by atoms with E-state index in [0.29, 0.717) is 46.2 Å². The second kappa shape index (κ2) is 14.4. The molecule has 2 rings (SSSR count). The molecule has 0 saturated heterocycles. The van der Waals surface area contributed by atoms with Crippen LogP contribution in [0.2, 0.25) is 0 Å². The number of phenolic OH excluding ortho intramolecular Hbond substituents is 2. The van der Waals surface area contributed by atoms with Gasteiger partial charge in [-0.2, -0.15) is 0 Å². The highest BCUT2D eigenvalue weighted by molar-refractivity contribution is 5.52. The van der Waals surface area contributed by atoms with Crippen LogP contribution in [0.15, 0.2) is 24.3 Å². The van der Waals surface area contributed by atoms with Crippen LogP contribution in [0.4, 0.5) is 0 Å². The fourth-order valence-electron chi connectivity index (χ4n) is 3.98. The van der Waals surface area contributed by atoms with Crippen molar-refractivity contribution in [1.82, 2.24) is 0 Å². The largest absolute Gasteiger partial charge is 0.507 e. The molecule has 0 aliphatic heterocycles. The smallest absolute Gasteiger partial charge is 0.126 e. The van der Waals surface area contributed by atoms with E-state index in [0.717, 1.165) is 52.6 Å². The molecule has 2 aromatic rings. The molecular weight excluding hydrogens is 444 g/mol. The second-order valence-corrected chi connectivity index (χ2v) is 9.50. The summed E-state index contributed by atoms with van der Waals surface area (Å²) in [6, 6.07) is 8.04. The van der Waals surface area contributed by atoms with Gasteiger partial charge in [0.2, 0.25) is 0 Å². The summed E-state index contributed by atoms with van der Waals surface area (Å²) in [7, 11) is 1.62. The van der Waals surface area contributed by atoms with Crippen molar-refractivity contribution in [3.05, 3.63) is 57.6 Å². The first-order chi connectivity index (χ1) is 16.8. The van der Waals surface area contributed by atoms with Crippen LogP contribution in [0.1, 0.15) is 87.3 Å². The van der Waals surface area contributed by atoms with Crippen LogP contribution in [0.5, 0.6) is 11.5 Å². The fraction of sp³-hybridized carbons (Fsp3) is 0.586. The molecule has 0 aromatic heterocycles. The molecule has 0 saturated carbocycles. The van der Waals surface area contributed by atoms with E-state index in [-0.39, 0.29) is 11.5 Å². The maximum atomic E-state index is 10.9. The first-order valence-electron chi connectivity index (χ1n) is 12.7. The maximum absolute atomic E-state index is 10.9. The molecule has 0 spiro atoms. The molecule has 35 heavy (non-hydrogen) atoms. The summed E-state index contributed by atoms with van der Waals surface area (Å²) >= 11 is 0. The normalized spacial score (nSPS) is 11.8. The average molecular weight is 489 g/mol. The Kier molecular flexibility index (Phi) is 12.0. The molecule has 0 atom stereocenters. The first kappa shape index (κ1) is 29.1. The summed E-state index contributed by atoms with van der Waals surface area (Å²) in [4.78, 5) is 0. The third-order valence-electron chi connectivity index (χ3n) is 6.10. The van der Waals surface area contributed by atoms with Gasteiger partial charge in [-0.25, -0.2) is 0 Å². The third-order valence-corrected chi connectivity index (χ3v) is 6.10. The van der Waals surface area contributed by atoms with Crippen LogP contribution in [0, 0.1) is 0 Å². The van der Waals surface area contributed by atoms with Crippen molar-refractivity contribution in [3.8, 4) is 11.5 Å². The molecule has 0 aliphatic carbocycles. The van der Waals surface area contributed by atoms with E-state index in [1.807, 2.05) is 24.3 Å². The number of ether oxygens (including phenoxy) is 4. The number of benzene rings is 2. The minimum Gasteiger partial charge on any atom is -0.507 e. The molecule has 0 aliphatic rings. The Balaban J connectivity index is 2.55. The third kappa shape index (κ3) is 7.94. The van der Waals surface area contributed by atoms with Crippen LogP contribution in [-0.4, -0.2) is 37.1 Å². The molecule has 0 unspecified atom stereocenters. The molecule has 2 aromatic carbocycles. The van der Waals surface area contributed by atoms with E-state index in [2.05, 4.69) is 34.6 Å². The van der Waals surface area contributed by atoms with Gasteiger partial charge in [0.25, 0.3) is 0 Å². The first-order valence-corrected chi connectivity index (χ1v) is 12.7. The second-order valence-electron chi connectivity index (χ2n) is 9.50. The highest BCUT2D eigenvalue weighted by Gasteiger charge is 2.28. The zero-order valence-electron chi connectivity index (χ0n) is 22.4. The molecule has 6 heteroatoms. The van der Waals surface area contributed by atoms with Crippen molar-refractivity contribution in [2.75, 3.05) is 26.9 Å². The predicted molar refractivity (Wildman–Crippen MR) is 139 cm³/mol. The van der Waals surface area contributed by atoms with Gasteiger partial charge in [-0.05, 0) is 54.7 Å². The van der Waals surface area contributed by atoms with E-state index >= 15 is 0 Å². The lowest BCUT2D eigenvalue weighted by molar-refractivity contribution is 0.114. The van der Waals surface area contributed by atoms with Crippen molar-refractivity contribution < 1.29 is 29.2 Å². The lowest BCUT2D eigenvalue weighted by Gasteiger charge is -2.29. The summed E-state index contributed by atoms with van der Waals surface area (Å²) in [5.41, 5.74) is 4.61. The van der Waals surface area contributed by atoms with Gasteiger partial charge < -0.3 is 29.2 Å². The van der Waals surface area contributed by atoms with Crippen LogP contribution in [0.25, 0.3) is 0 Å². The van der Waals surface area contributed by atoms with E-state index in [1.165, 1.54) is 0 Å². The Morgan fingerprint density at radius 2 is 0.914 bits per heavy atom. The van der Waals surface area contributed by atoms with Gasteiger partial charge in [-0.1, -0.05) is 34.6 Å². The Labute approximate surface area is 211 Å². The average Bonchev–Trinajstić information content (AvgIpc) is 2.83. The van der Waals surface area contributed by atoms with Gasteiger partial charge in [0, 0.05) is 54.6 Å². The molecule has 2 N–H and O–H groups in total. The van der Waals surface area contributed by atoms with Gasteiger partial charge in [-0.3, -0.25) is 0 Å². The summed E-state index contributed by atoms with van der Waals surface area (Å²) in [6.45, 7) is 13.7. The van der Waals surface area contributed by atoms with Gasteiger partial charge in [-0.15, -0.1) is 0 Å². The van der Waals surface area contributed by atoms with Crippen molar-refractivity contribution >= 4 is 0 Å². The molecule has 0 fully saturated rings. The van der Waals surface area contributed by atoms with E-state index in [1.54, 1.807) is 7.11 Å². The van der Waals surface area contributed by atoms with Gasteiger partial charge in [0.15, 0.2) is 0 Å². The van der Waals surface area contributed by atoms with E-state index < -0.39 is 5.41 Å². The standard InChI is InChI=1S/C29H44O6/c1-7-10-33-18-22-14-25(13-21(17-32-6)27(22)30)29(4,5)26-15-23(19-34-11-8-2)28(31)24(16-26)20-35-12-9-3/h13-16,30-31H,7-12,17-20H2,1-6H3. The zero-order valence-corrected chi connectivity index (χ0v) is 22.4. The highest BCUT2D eigenvalue weighted by atomic mass is 16.5. The number of methoxy groups -OCH3 is 1. The van der Waals surface area contributed by atoms with Crippen molar-refractivity contribution in [2.45, 2.75) is 85.7 Å². The van der Waals surface area contributed by atoms with Crippen LogP contribution in [0.3, 0.4) is 0 Å². The summed E-state index contributed by atoms with van der Waals surface area (Å²) in [6.07, 6.45) is 2.74. The summed E-state index contributed by atoms with van der Waals surface area (Å²) < 4.78 is 22.7. The highest BCUT2D eigenvalue weighted by Crippen LogP contribution is 2.39. The molecule has 6 nitrogen and oxygen atoms in total. The zero-order chi connectivity index (χ0) is 25.8. The summed E-state index contributed by atoms with van der Waals surface area (Å²) in [5.74, 6) is 0.451. The molecule has 196 valence electrons.